The summed E-state index contributed by atoms with van der Waals surface area (Å²) in [5.74, 6) is 0.574. The van der Waals surface area contributed by atoms with Crippen LogP contribution < -0.4 is 4.72 Å². The molecule has 7 heteroatoms. The van der Waals surface area contributed by atoms with Gasteiger partial charge in [-0.15, -0.1) is 0 Å². The van der Waals surface area contributed by atoms with E-state index in [1.165, 1.54) is 6.42 Å². The van der Waals surface area contributed by atoms with Crippen LogP contribution in [-0.4, -0.2) is 25.5 Å². The Morgan fingerprint density at radius 2 is 1.93 bits per heavy atom. The fraction of sp³-hybridized carbons (Fsp3) is 0.591. The van der Waals surface area contributed by atoms with Crippen LogP contribution in [0.3, 0.4) is 0 Å². The standard InChI is InChI=1S/C22H30INO4S/c1-22(2)15-13-19(22)18(7-5-3-4-6-8-21(25)26)20(14-15)24-29(27,28)17-11-9-16(23)10-12-17/h3,5,9-12,15,18-20,24H,4,6-8,13-14H2,1-2H3,(H,25,26)/b5-3-/t15-,18+,19-,20+/m1/s1. The van der Waals surface area contributed by atoms with Gasteiger partial charge in [0.15, 0.2) is 0 Å². The maximum Gasteiger partial charge on any atom is 0.303 e. The SMILES string of the molecule is CC1(C)[C@H]2C[C@H](NS(=O)(=O)c3ccc(I)cc3)[C@@H](C/C=C\CCCC(=O)O)[C@H]1C2. The van der Waals surface area contributed by atoms with Crippen LogP contribution in [0.4, 0.5) is 0 Å². The smallest absolute Gasteiger partial charge is 0.303 e. The number of halogens is 1. The first kappa shape index (κ1) is 22.7. The van der Waals surface area contributed by atoms with Gasteiger partial charge in [-0.2, -0.15) is 0 Å². The Labute approximate surface area is 187 Å². The Balaban J connectivity index is 1.68. The molecule has 0 heterocycles. The normalized spacial score (nSPS) is 28.2. The monoisotopic (exact) mass is 531 g/mol. The summed E-state index contributed by atoms with van der Waals surface area (Å²) in [6.07, 6.45) is 8.61. The van der Waals surface area contributed by atoms with Gasteiger partial charge in [0, 0.05) is 16.0 Å². The molecular formula is C22H30INO4S. The van der Waals surface area contributed by atoms with Gasteiger partial charge in [0.25, 0.3) is 0 Å². The topological polar surface area (TPSA) is 83.5 Å². The maximum atomic E-state index is 12.9. The van der Waals surface area contributed by atoms with Crippen molar-refractivity contribution < 1.29 is 18.3 Å². The molecule has 4 rings (SSSR count). The van der Waals surface area contributed by atoms with Gasteiger partial charge >= 0.3 is 5.97 Å². The van der Waals surface area contributed by atoms with Gasteiger partial charge < -0.3 is 5.11 Å². The molecule has 29 heavy (non-hydrogen) atoms. The quantitative estimate of drug-likeness (QED) is 0.272. The summed E-state index contributed by atoms with van der Waals surface area (Å²) in [7, 11) is -3.54. The summed E-state index contributed by atoms with van der Waals surface area (Å²) in [5.41, 5.74) is 0.257. The van der Waals surface area contributed by atoms with E-state index in [1.54, 1.807) is 12.1 Å². The van der Waals surface area contributed by atoms with Gasteiger partial charge in [0.05, 0.1) is 4.90 Å². The van der Waals surface area contributed by atoms with Crippen LogP contribution in [0.5, 0.6) is 0 Å². The third kappa shape index (κ3) is 5.22. The van der Waals surface area contributed by atoms with Gasteiger partial charge in [-0.05, 0) is 102 Å². The molecule has 160 valence electrons. The number of sulfonamides is 1. The molecule has 0 radical (unpaired) electrons. The van der Waals surface area contributed by atoms with Crippen molar-refractivity contribution >= 4 is 38.6 Å². The van der Waals surface area contributed by atoms with Crippen molar-refractivity contribution in [3.63, 3.8) is 0 Å². The number of nitrogens with one attached hydrogen (secondary N) is 1. The summed E-state index contributed by atoms with van der Waals surface area (Å²) in [6, 6.07) is 6.89. The number of rotatable bonds is 9. The Hall–Kier alpha value is -0.930. The van der Waals surface area contributed by atoms with Crippen LogP contribution in [0.15, 0.2) is 41.3 Å². The second-order valence-electron chi connectivity index (χ2n) is 8.93. The van der Waals surface area contributed by atoms with Crippen LogP contribution >= 0.6 is 22.6 Å². The lowest BCUT2D eigenvalue weighted by molar-refractivity contribution is -0.137. The fourth-order valence-corrected chi connectivity index (χ4v) is 6.69. The second-order valence-corrected chi connectivity index (χ2v) is 11.9. The number of unbranched alkanes of at least 4 members (excludes halogenated alkanes) is 1. The zero-order valence-corrected chi connectivity index (χ0v) is 19.9. The summed E-state index contributed by atoms with van der Waals surface area (Å²) >= 11 is 2.17. The van der Waals surface area contributed by atoms with Gasteiger partial charge in [-0.3, -0.25) is 4.79 Å². The highest BCUT2D eigenvalue weighted by Gasteiger charge is 2.57. The minimum Gasteiger partial charge on any atom is -0.481 e. The average molecular weight is 531 g/mol. The first-order valence-corrected chi connectivity index (χ1v) is 12.8. The summed E-state index contributed by atoms with van der Waals surface area (Å²) in [6.45, 7) is 4.61. The van der Waals surface area contributed by atoms with Crippen LogP contribution in [0, 0.1) is 26.7 Å². The molecule has 0 unspecified atom stereocenters. The molecule has 2 N–H and O–H groups in total. The van der Waals surface area contributed by atoms with Crippen molar-refractivity contribution in [2.75, 3.05) is 0 Å². The molecule has 2 bridgehead atoms. The van der Waals surface area contributed by atoms with E-state index in [0.717, 1.165) is 22.8 Å². The van der Waals surface area contributed by atoms with Crippen molar-refractivity contribution in [3.05, 3.63) is 40.0 Å². The molecular weight excluding hydrogens is 501 g/mol. The zero-order chi connectivity index (χ0) is 21.2. The van der Waals surface area contributed by atoms with Gasteiger partial charge in [0.2, 0.25) is 10.0 Å². The Morgan fingerprint density at radius 3 is 2.55 bits per heavy atom. The molecule has 0 saturated heterocycles. The van der Waals surface area contributed by atoms with Gasteiger partial charge in [-0.25, -0.2) is 13.1 Å². The highest BCUT2D eigenvalue weighted by molar-refractivity contribution is 14.1. The van der Waals surface area contributed by atoms with E-state index < -0.39 is 16.0 Å². The van der Waals surface area contributed by atoms with Crippen molar-refractivity contribution in [3.8, 4) is 0 Å². The highest BCUT2D eigenvalue weighted by atomic mass is 127. The van der Waals surface area contributed by atoms with E-state index in [1.807, 2.05) is 18.2 Å². The second kappa shape index (κ2) is 9.06. The molecule has 1 aromatic rings. The lowest BCUT2D eigenvalue weighted by Gasteiger charge is -2.62. The largest absolute Gasteiger partial charge is 0.481 e. The van der Waals surface area contributed by atoms with E-state index in [0.29, 0.717) is 23.2 Å². The Bertz CT molecular complexity index is 863. The number of aliphatic carboxylic acids is 1. The van der Waals surface area contributed by atoms with Crippen LogP contribution in [0.1, 0.15) is 52.4 Å². The predicted molar refractivity (Wildman–Crippen MR) is 122 cm³/mol. The first-order valence-electron chi connectivity index (χ1n) is 10.3. The summed E-state index contributed by atoms with van der Waals surface area (Å²) < 4.78 is 29.9. The summed E-state index contributed by atoms with van der Waals surface area (Å²) in [5, 5.41) is 8.73. The first-order chi connectivity index (χ1) is 13.6. The van der Waals surface area contributed by atoms with Crippen molar-refractivity contribution in [2.24, 2.45) is 23.2 Å². The number of carboxylic acid groups (broad SMARTS) is 1. The van der Waals surface area contributed by atoms with Gasteiger partial charge in [-0.1, -0.05) is 26.0 Å². The molecule has 0 aromatic heterocycles. The minimum atomic E-state index is -3.54. The average Bonchev–Trinajstić information content (AvgIpc) is 2.64. The third-order valence-electron chi connectivity index (χ3n) is 6.89. The number of allylic oxidation sites excluding steroid dienone is 2. The van der Waals surface area contributed by atoms with E-state index in [4.69, 9.17) is 5.11 Å². The Morgan fingerprint density at radius 1 is 1.24 bits per heavy atom. The highest BCUT2D eigenvalue weighted by Crippen LogP contribution is 2.62. The zero-order valence-electron chi connectivity index (χ0n) is 17.0. The van der Waals surface area contributed by atoms with Crippen LogP contribution in [-0.2, 0) is 14.8 Å². The van der Waals surface area contributed by atoms with Gasteiger partial charge in [0.1, 0.15) is 0 Å². The number of carboxylic acids is 1. The maximum absolute atomic E-state index is 12.9. The number of carbonyl (C=O) groups is 1. The predicted octanol–water partition coefficient (Wildman–Crippen LogP) is 4.82. The van der Waals surface area contributed by atoms with E-state index in [9.17, 15) is 13.2 Å². The van der Waals surface area contributed by atoms with Crippen LogP contribution in [0.25, 0.3) is 0 Å². The van der Waals surface area contributed by atoms with E-state index >= 15 is 0 Å². The number of hydrogen-bond donors (Lipinski definition) is 2. The molecule has 3 aliphatic carbocycles. The van der Waals surface area contributed by atoms with E-state index in [2.05, 4.69) is 47.2 Å². The van der Waals surface area contributed by atoms with E-state index in [-0.39, 0.29) is 23.8 Å². The van der Waals surface area contributed by atoms with Crippen molar-refractivity contribution in [2.45, 2.75) is 63.3 Å². The minimum absolute atomic E-state index is 0.0558. The van der Waals surface area contributed by atoms with Crippen molar-refractivity contribution in [1.82, 2.24) is 4.72 Å². The molecule has 3 saturated carbocycles. The molecule has 0 amide bonds. The lowest BCUT2D eigenvalue weighted by Crippen LogP contribution is -2.61. The number of fused-ring (bicyclic) bond motifs is 2. The molecule has 0 aliphatic heterocycles. The molecule has 3 fully saturated rings. The Kier molecular flexibility index (Phi) is 7.10. The van der Waals surface area contributed by atoms with Crippen molar-refractivity contribution in [1.29, 1.82) is 0 Å². The lowest BCUT2D eigenvalue weighted by atomic mass is 9.44. The molecule has 1 aromatic carbocycles. The fourth-order valence-electron chi connectivity index (χ4n) is 5.03. The molecule has 0 spiro atoms. The molecule has 3 aliphatic rings. The van der Waals surface area contributed by atoms with Crippen LogP contribution in [0.2, 0.25) is 0 Å². The number of benzene rings is 1. The molecule has 4 atom stereocenters. The third-order valence-corrected chi connectivity index (χ3v) is 9.11. The number of hydrogen-bond acceptors (Lipinski definition) is 3. The summed E-state index contributed by atoms with van der Waals surface area (Å²) in [4.78, 5) is 10.9. The molecule has 5 nitrogen and oxygen atoms in total.